The lowest BCUT2D eigenvalue weighted by molar-refractivity contribution is -0.0858. The molecular formula is C20H34N2O. The van der Waals surface area contributed by atoms with E-state index in [1.165, 1.54) is 71.2 Å². The van der Waals surface area contributed by atoms with Crippen LogP contribution in [0.5, 0.6) is 0 Å². The topological polar surface area (TPSA) is 15.7 Å². The molecule has 0 amide bonds. The Hall–Kier alpha value is -0.560. The van der Waals surface area contributed by atoms with Crippen LogP contribution in [0.2, 0.25) is 0 Å². The minimum atomic E-state index is 0.497. The summed E-state index contributed by atoms with van der Waals surface area (Å²) in [5.41, 5.74) is 0. The Morgan fingerprint density at radius 3 is 2.30 bits per heavy atom. The van der Waals surface area contributed by atoms with Crippen molar-refractivity contribution in [3.05, 3.63) is 0 Å². The highest BCUT2D eigenvalue weighted by atomic mass is 16.5. The van der Waals surface area contributed by atoms with Gasteiger partial charge in [-0.3, -0.25) is 0 Å². The van der Waals surface area contributed by atoms with Crippen LogP contribution < -0.4 is 0 Å². The maximum atomic E-state index is 6.29. The van der Waals surface area contributed by atoms with E-state index in [0.717, 1.165) is 12.3 Å². The van der Waals surface area contributed by atoms with E-state index in [0.29, 0.717) is 18.1 Å². The predicted octanol–water partition coefficient (Wildman–Crippen LogP) is 3.00. The highest BCUT2D eigenvalue weighted by molar-refractivity contribution is 5.08. The lowest BCUT2D eigenvalue weighted by Crippen LogP contribution is -2.44. The van der Waals surface area contributed by atoms with Gasteiger partial charge in [-0.2, -0.15) is 0 Å². The molecule has 2 aliphatic heterocycles. The second kappa shape index (κ2) is 8.51. The molecular weight excluding hydrogens is 284 g/mol. The van der Waals surface area contributed by atoms with Crippen LogP contribution in [0.25, 0.3) is 0 Å². The van der Waals surface area contributed by atoms with Crippen LogP contribution in [-0.2, 0) is 4.74 Å². The molecule has 23 heavy (non-hydrogen) atoms. The van der Waals surface area contributed by atoms with Gasteiger partial charge < -0.3 is 14.5 Å². The number of hydrogen-bond acceptors (Lipinski definition) is 3. The van der Waals surface area contributed by atoms with Gasteiger partial charge in [-0.25, -0.2) is 0 Å². The van der Waals surface area contributed by atoms with Crippen molar-refractivity contribution in [1.29, 1.82) is 0 Å². The lowest BCUT2D eigenvalue weighted by atomic mass is 9.82. The van der Waals surface area contributed by atoms with Crippen LogP contribution in [-0.4, -0.2) is 61.8 Å². The third-order valence-corrected chi connectivity index (χ3v) is 5.85. The van der Waals surface area contributed by atoms with Gasteiger partial charge in [-0.05, 0) is 64.6 Å². The van der Waals surface area contributed by atoms with Gasteiger partial charge in [0.05, 0.1) is 12.2 Å². The van der Waals surface area contributed by atoms with E-state index in [2.05, 4.69) is 35.6 Å². The molecule has 3 rings (SSSR count). The van der Waals surface area contributed by atoms with E-state index in [9.17, 15) is 0 Å². The van der Waals surface area contributed by atoms with E-state index in [4.69, 9.17) is 4.74 Å². The first kappa shape index (κ1) is 17.3. The third kappa shape index (κ3) is 5.21. The van der Waals surface area contributed by atoms with Crippen molar-refractivity contribution in [2.75, 3.05) is 39.8 Å². The summed E-state index contributed by atoms with van der Waals surface area (Å²) in [6.07, 6.45) is 9.56. The highest BCUT2D eigenvalue weighted by Gasteiger charge is 2.32. The second-order valence-electron chi connectivity index (χ2n) is 7.85. The lowest BCUT2D eigenvalue weighted by Gasteiger charge is -2.40. The van der Waals surface area contributed by atoms with Gasteiger partial charge >= 0.3 is 0 Å². The van der Waals surface area contributed by atoms with E-state index in [1.807, 2.05) is 0 Å². The van der Waals surface area contributed by atoms with Crippen molar-refractivity contribution >= 4 is 0 Å². The summed E-state index contributed by atoms with van der Waals surface area (Å²) in [6.45, 7) is 8.49. The second-order valence-corrected chi connectivity index (χ2v) is 7.85. The molecule has 2 saturated heterocycles. The van der Waals surface area contributed by atoms with Gasteiger partial charge in [0.2, 0.25) is 0 Å². The number of ether oxygens (including phenoxy) is 1. The van der Waals surface area contributed by atoms with Gasteiger partial charge in [0.15, 0.2) is 0 Å². The molecule has 0 aromatic rings. The first-order valence-corrected chi connectivity index (χ1v) is 9.77. The Labute approximate surface area is 142 Å². The molecule has 0 bridgehead atoms. The van der Waals surface area contributed by atoms with Crippen molar-refractivity contribution in [3.63, 3.8) is 0 Å². The summed E-state index contributed by atoms with van der Waals surface area (Å²) in [6, 6.07) is 0. The number of hydrogen-bond donors (Lipinski definition) is 0. The summed E-state index contributed by atoms with van der Waals surface area (Å²) < 4.78 is 6.29. The Morgan fingerprint density at radius 2 is 1.65 bits per heavy atom. The summed E-state index contributed by atoms with van der Waals surface area (Å²) in [5, 5.41) is 0. The fourth-order valence-corrected chi connectivity index (χ4v) is 4.15. The molecule has 0 unspecified atom stereocenters. The van der Waals surface area contributed by atoms with Crippen molar-refractivity contribution in [2.45, 2.75) is 64.1 Å². The molecule has 0 N–H and O–H groups in total. The predicted molar refractivity (Wildman–Crippen MR) is 95.3 cm³/mol. The average molecular weight is 319 g/mol. The number of likely N-dealkylation sites (tertiary alicyclic amines) is 2. The molecule has 0 aromatic carbocycles. The van der Waals surface area contributed by atoms with Gasteiger partial charge in [0, 0.05) is 32.0 Å². The van der Waals surface area contributed by atoms with E-state index < -0.39 is 0 Å². The first-order valence-electron chi connectivity index (χ1n) is 9.77. The zero-order valence-corrected chi connectivity index (χ0v) is 15.1. The third-order valence-electron chi connectivity index (χ3n) is 5.85. The highest BCUT2D eigenvalue weighted by Crippen LogP contribution is 2.32. The molecule has 0 radical (unpaired) electrons. The van der Waals surface area contributed by atoms with Crippen LogP contribution in [0.1, 0.15) is 51.9 Å². The molecule has 3 fully saturated rings. The van der Waals surface area contributed by atoms with E-state index >= 15 is 0 Å². The molecule has 2 heterocycles. The summed E-state index contributed by atoms with van der Waals surface area (Å²) in [4.78, 5) is 5.15. The summed E-state index contributed by atoms with van der Waals surface area (Å²) in [5.74, 6) is 8.10. The zero-order chi connectivity index (χ0) is 16.1. The number of rotatable bonds is 4. The molecule has 3 heteroatoms. The summed E-state index contributed by atoms with van der Waals surface area (Å²) >= 11 is 0. The summed E-state index contributed by atoms with van der Waals surface area (Å²) in [7, 11) is 2.25. The molecule has 1 aliphatic carbocycles. The zero-order valence-electron chi connectivity index (χ0n) is 15.1. The monoisotopic (exact) mass is 318 g/mol. The Bertz CT molecular complexity index is 405. The van der Waals surface area contributed by atoms with Gasteiger partial charge in [0.25, 0.3) is 0 Å². The molecule has 0 atom stereocenters. The fourth-order valence-electron chi connectivity index (χ4n) is 4.15. The van der Waals surface area contributed by atoms with Gasteiger partial charge in [-0.1, -0.05) is 12.8 Å². The fraction of sp³-hybridized carbons (Fsp3) is 0.900. The van der Waals surface area contributed by atoms with Gasteiger partial charge in [-0.15, -0.1) is 5.92 Å². The molecule has 3 aliphatic rings. The van der Waals surface area contributed by atoms with Crippen LogP contribution in [0.3, 0.4) is 0 Å². The smallest absolute Gasteiger partial charge is 0.0603 e. The Morgan fingerprint density at radius 1 is 0.957 bits per heavy atom. The molecule has 0 aromatic heterocycles. The number of nitrogens with zero attached hydrogens (tertiary/aromatic N) is 2. The van der Waals surface area contributed by atoms with Crippen molar-refractivity contribution in [2.24, 2.45) is 11.8 Å². The van der Waals surface area contributed by atoms with E-state index in [-0.39, 0.29) is 0 Å². The average Bonchev–Trinajstić information content (AvgIpc) is 2.53. The van der Waals surface area contributed by atoms with Crippen molar-refractivity contribution < 1.29 is 4.74 Å². The molecule has 1 saturated carbocycles. The standard InChI is InChI=1S/C20H34N2O/c1-3-4-5-18-14-20(15-18)23-19-8-12-22(13-9-19)16-17-6-10-21(2)11-7-17/h17-20H,3,6-16H2,1-2H3. The largest absolute Gasteiger partial charge is 0.375 e. The molecule has 0 spiro atoms. The van der Waals surface area contributed by atoms with E-state index in [1.54, 1.807) is 0 Å². The van der Waals surface area contributed by atoms with Crippen LogP contribution in [0, 0.1) is 23.7 Å². The van der Waals surface area contributed by atoms with Crippen molar-refractivity contribution in [3.8, 4) is 11.8 Å². The van der Waals surface area contributed by atoms with Crippen LogP contribution >= 0.6 is 0 Å². The molecule has 130 valence electrons. The minimum absolute atomic E-state index is 0.497. The first-order chi connectivity index (χ1) is 11.2. The number of piperidine rings is 2. The van der Waals surface area contributed by atoms with Crippen molar-refractivity contribution in [1.82, 2.24) is 9.80 Å². The van der Waals surface area contributed by atoms with Gasteiger partial charge in [0.1, 0.15) is 0 Å². The SMILES string of the molecule is CCC#CC1CC(OC2CCN(CC3CCN(C)CC3)CC2)C1. The van der Waals surface area contributed by atoms with Crippen LogP contribution in [0.4, 0.5) is 0 Å². The maximum absolute atomic E-state index is 6.29. The van der Waals surface area contributed by atoms with Crippen LogP contribution in [0.15, 0.2) is 0 Å². The Kier molecular flexibility index (Phi) is 6.39. The minimum Gasteiger partial charge on any atom is -0.375 e. The quantitative estimate of drug-likeness (QED) is 0.741. The normalized spacial score (nSPS) is 31.4. The Balaban J connectivity index is 1.29. The molecule has 3 nitrogen and oxygen atoms in total. The maximum Gasteiger partial charge on any atom is 0.0603 e.